The lowest BCUT2D eigenvalue weighted by Gasteiger charge is -2.59. The van der Waals surface area contributed by atoms with E-state index in [0.29, 0.717) is 35.6 Å². The molecule has 386 valence electrons. The van der Waals surface area contributed by atoms with Crippen molar-refractivity contribution in [3.05, 3.63) is 124 Å². The molecule has 3 aromatic rings. The van der Waals surface area contributed by atoms with E-state index in [1.165, 1.54) is 50.7 Å². The number of aliphatic hydroxyl groups excluding tert-OH is 2. The maximum absolute atomic E-state index is 14.3. The van der Waals surface area contributed by atoms with Gasteiger partial charge in [-0.15, -0.1) is 6.58 Å². The molecule has 1 aliphatic heterocycles. The van der Waals surface area contributed by atoms with Crippen molar-refractivity contribution in [1.29, 1.82) is 0 Å². The smallest absolute Gasteiger partial charge is 0.412 e. The van der Waals surface area contributed by atoms with Crippen LogP contribution in [-0.4, -0.2) is 83.2 Å². The summed E-state index contributed by atoms with van der Waals surface area (Å²) in [6, 6.07) is 20.2. The monoisotopic (exact) mass is 981 g/mol. The molecule has 0 aromatic heterocycles. The lowest BCUT2D eigenvalue weighted by molar-refractivity contribution is -0.384. The number of fused-ring (bicyclic) bond motifs is 2. The van der Waals surface area contributed by atoms with Gasteiger partial charge in [-0.3, -0.25) is 10.1 Å². The average molecular weight is 981 g/mol. The van der Waals surface area contributed by atoms with Crippen LogP contribution >= 0.6 is 0 Å². The van der Waals surface area contributed by atoms with Crippen LogP contribution < -0.4 is 14.8 Å². The summed E-state index contributed by atoms with van der Waals surface area (Å²) in [4.78, 5) is 46.3. The number of ether oxygens (including phenoxy) is 4. The third kappa shape index (κ3) is 14.9. The summed E-state index contributed by atoms with van der Waals surface area (Å²) in [5, 5.41) is 39.0. The predicted molar refractivity (Wildman–Crippen MR) is 273 cm³/mol. The van der Waals surface area contributed by atoms with E-state index in [9.17, 15) is 29.9 Å². The van der Waals surface area contributed by atoms with Gasteiger partial charge in [0.1, 0.15) is 24.1 Å². The molecule has 1 fully saturated rings. The number of aliphatic hydroxyl groups is 2. The number of unbranched alkanes of at least 4 members (excludes halogenated alkanes) is 11. The minimum absolute atomic E-state index is 0.0263. The molecule has 0 spiro atoms. The number of carbonyl (C=O) groups excluding carboxylic acids is 2. The molecule has 2 aliphatic carbocycles. The van der Waals surface area contributed by atoms with Crippen molar-refractivity contribution in [2.45, 2.75) is 147 Å². The molecule has 15 heteroatoms. The second kappa shape index (κ2) is 28.3. The second-order valence-corrected chi connectivity index (χ2v) is 19.1. The molecule has 6 atom stereocenters. The number of nitrogens with zero attached hydrogens (tertiary/aromatic N) is 3. The van der Waals surface area contributed by atoms with Crippen LogP contribution in [-0.2, 0) is 27.5 Å². The molecule has 71 heavy (non-hydrogen) atoms. The van der Waals surface area contributed by atoms with Gasteiger partial charge in [0, 0.05) is 56.8 Å². The lowest BCUT2D eigenvalue weighted by Crippen LogP contribution is -2.69. The Morgan fingerprint density at radius 2 is 1.59 bits per heavy atom. The van der Waals surface area contributed by atoms with Crippen molar-refractivity contribution in [3.63, 3.8) is 0 Å². The summed E-state index contributed by atoms with van der Waals surface area (Å²) in [6.07, 6.45) is 18.6. The SMILES string of the molecule is C=CCO[C@@]12Oc3ccc(OC(=O)NCc4ccccc4)cc3[C@H]3[C@H](CCCCO)[C@@H](CCCCO)C=C(C(=NOCc4ccc([N+](=O)[O-])cc4)C[C@@H]1N(C)C(=O)OCCCCCCCCCCCC)[C@H]32. The molecule has 0 saturated heterocycles. The van der Waals surface area contributed by atoms with Gasteiger partial charge in [0.25, 0.3) is 5.69 Å². The van der Waals surface area contributed by atoms with E-state index in [1.54, 1.807) is 42.3 Å². The van der Waals surface area contributed by atoms with E-state index in [1.807, 2.05) is 36.4 Å². The van der Waals surface area contributed by atoms with Crippen LogP contribution in [0.4, 0.5) is 15.3 Å². The standard InChI is InChI=1S/C56H76N4O11/c1-4-6-7-8-9-10-11-12-13-21-35-67-55(64)59(3)51-38-49(58-69-40-42-26-28-44(29-27-42)60(65)66)47-36-43(24-17-19-32-61)46(25-18-20-33-62)52-48-37-45(70-54(63)57-39-41-22-15-14-16-23-41)30-31-50(48)71-56(51,53(47)52)68-34-5-2/h5,14-16,22-23,26-31,36-37,43,46,51-53,61-62H,2,4,6-13,17-21,24-25,32-35,38-40H2,1,3H3,(H,57,63)/t43-,46+,51-,52+,53+,56+/m0/s1. The van der Waals surface area contributed by atoms with Crippen LogP contribution in [0.3, 0.4) is 0 Å². The second-order valence-electron chi connectivity index (χ2n) is 19.1. The summed E-state index contributed by atoms with van der Waals surface area (Å²) >= 11 is 0. The highest BCUT2D eigenvalue weighted by atomic mass is 16.7. The number of benzene rings is 3. The highest BCUT2D eigenvalue weighted by molar-refractivity contribution is 6.03. The molecule has 3 aliphatic rings. The molecule has 1 heterocycles. The van der Waals surface area contributed by atoms with E-state index in [4.69, 9.17) is 28.9 Å². The number of amides is 2. The van der Waals surface area contributed by atoms with E-state index in [0.717, 1.165) is 68.1 Å². The molecule has 0 unspecified atom stereocenters. The zero-order valence-corrected chi connectivity index (χ0v) is 41.9. The average Bonchev–Trinajstić information content (AvgIpc) is 3.38. The minimum atomic E-state index is -1.50. The van der Waals surface area contributed by atoms with Crippen LogP contribution in [0.25, 0.3) is 0 Å². The summed E-state index contributed by atoms with van der Waals surface area (Å²) in [5.41, 5.74) is 3.78. The Kier molecular flexibility index (Phi) is 21.8. The van der Waals surface area contributed by atoms with Gasteiger partial charge in [0.2, 0.25) is 5.79 Å². The fraction of sp³-hybridized carbons (Fsp3) is 0.554. The molecule has 3 N–H and O–H groups in total. The lowest BCUT2D eigenvalue weighted by atomic mass is 9.55. The molecular formula is C56H76N4O11. The highest BCUT2D eigenvalue weighted by Crippen LogP contribution is 2.62. The molecule has 2 amide bonds. The Morgan fingerprint density at radius 1 is 0.901 bits per heavy atom. The summed E-state index contributed by atoms with van der Waals surface area (Å²) in [7, 11) is 1.70. The van der Waals surface area contributed by atoms with Gasteiger partial charge in [-0.2, -0.15) is 0 Å². The van der Waals surface area contributed by atoms with Gasteiger partial charge in [-0.05, 0) is 91.0 Å². The van der Waals surface area contributed by atoms with E-state index in [-0.39, 0.29) is 69.4 Å². The fourth-order valence-electron chi connectivity index (χ4n) is 10.6. The Bertz CT molecular complexity index is 2220. The van der Waals surface area contributed by atoms with Gasteiger partial charge in [-0.25, -0.2) is 9.59 Å². The molecule has 0 bridgehead atoms. The highest BCUT2D eigenvalue weighted by Gasteiger charge is 2.65. The molecule has 15 nitrogen and oxygen atoms in total. The van der Waals surface area contributed by atoms with Gasteiger partial charge in [0.15, 0.2) is 0 Å². The Hall–Kier alpha value is -5.77. The van der Waals surface area contributed by atoms with Crippen molar-refractivity contribution in [2.24, 2.45) is 22.9 Å². The summed E-state index contributed by atoms with van der Waals surface area (Å²) in [5.74, 6) is -1.69. The van der Waals surface area contributed by atoms with Crippen molar-refractivity contribution in [3.8, 4) is 11.5 Å². The fourth-order valence-corrected chi connectivity index (χ4v) is 10.6. The molecule has 6 rings (SSSR count). The number of hydrogen-bond donors (Lipinski definition) is 3. The zero-order chi connectivity index (χ0) is 50.4. The Morgan fingerprint density at radius 3 is 2.27 bits per heavy atom. The van der Waals surface area contributed by atoms with E-state index >= 15 is 0 Å². The Labute approximate surface area is 419 Å². The van der Waals surface area contributed by atoms with Gasteiger partial charge >= 0.3 is 12.2 Å². The van der Waals surface area contributed by atoms with Crippen LogP contribution in [0.15, 0.2) is 102 Å². The predicted octanol–water partition coefficient (Wildman–Crippen LogP) is 11.7. The number of nitro benzene ring substituents is 1. The normalized spacial score (nSPS) is 21.5. The quantitative estimate of drug-likeness (QED) is 0.0249. The third-order valence-corrected chi connectivity index (χ3v) is 14.2. The number of nitro groups is 1. The van der Waals surface area contributed by atoms with E-state index in [2.05, 4.69) is 24.9 Å². The molecule has 1 saturated carbocycles. The molecule has 3 aromatic carbocycles. The largest absolute Gasteiger partial charge is 0.459 e. The van der Waals surface area contributed by atoms with Crippen LogP contribution in [0.2, 0.25) is 0 Å². The third-order valence-electron chi connectivity index (χ3n) is 14.2. The van der Waals surface area contributed by atoms with Gasteiger partial charge < -0.3 is 44.2 Å². The van der Waals surface area contributed by atoms with Crippen molar-refractivity contribution >= 4 is 23.6 Å². The number of allylic oxidation sites excluding steroid dienone is 1. The van der Waals surface area contributed by atoms with Crippen LogP contribution in [0.1, 0.15) is 139 Å². The maximum Gasteiger partial charge on any atom is 0.412 e. The number of nitrogens with one attached hydrogen (secondary N) is 1. The van der Waals surface area contributed by atoms with Gasteiger partial charge in [0.05, 0.1) is 29.8 Å². The first-order valence-corrected chi connectivity index (χ1v) is 26.0. The van der Waals surface area contributed by atoms with Crippen molar-refractivity contribution in [2.75, 3.05) is 33.5 Å². The van der Waals surface area contributed by atoms with Crippen molar-refractivity contribution in [1.82, 2.24) is 10.2 Å². The number of non-ortho nitro benzene ring substituents is 1. The number of likely N-dealkylation sites (N-methyl/N-ethyl adjacent to an activating group) is 1. The summed E-state index contributed by atoms with van der Waals surface area (Å²) < 4.78 is 26.2. The molecule has 0 radical (unpaired) electrons. The minimum Gasteiger partial charge on any atom is -0.459 e. The first-order chi connectivity index (χ1) is 34.6. The topological polar surface area (TPSA) is 192 Å². The van der Waals surface area contributed by atoms with Crippen LogP contribution in [0.5, 0.6) is 11.5 Å². The first kappa shape index (κ1) is 54.6. The number of carbonyl (C=O) groups is 2. The first-order valence-electron chi connectivity index (χ1n) is 26.0. The van der Waals surface area contributed by atoms with Crippen LogP contribution in [0, 0.1) is 27.9 Å². The van der Waals surface area contributed by atoms with Gasteiger partial charge in [-0.1, -0.05) is 125 Å². The number of oxime groups is 1. The summed E-state index contributed by atoms with van der Waals surface area (Å²) in [6.45, 7) is 6.98. The number of rotatable bonds is 30. The zero-order valence-electron chi connectivity index (χ0n) is 41.9. The maximum atomic E-state index is 14.3. The number of hydrogen-bond acceptors (Lipinski definition) is 12. The van der Waals surface area contributed by atoms with Crippen molar-refractivity contribution < 1.29 is 48.5 Å². The molecular weight excluding hydrogens is 905 g/mol. The van der Waals surface area contributed by atoms with E-state index < -0.39 is 34.9 Å². The Balaban J connectivity index is 1.38.